The Labute approximate surface area is 119 Å². The van der Waals surface area contributed by atoms with Crippen LogP contribution in [0.15, 0.2) is 29.2 Å². The van der Waals surface area contributed by atoms with E-state index in [2.05, 4.69) is 4.72 Å². The molecule has 0 aromatic heterocycles. The summed E-state index contributed by atoms with van der Waals surface area (Å²) in [6.45, 7) is 0.729. The summed E-state index contributed by atoms with van der Waals surface area (Å²) < 4.78 is 40.4. The van der Waals surface area contributed by atoms with Crippen molar-refractivity contribution in [2.45, 2.75) is 37.0 Å². The van der Waals surface area contributed by atoms with E-state index in [1.54, 1.807) is 0 Å². The highest BCUT2D eigenvalue weighted by atomic mass is 32.2. The number of hydrogen-bond donors (Lipinski definition) is 2. The van der Waals surface area contributed by atoms with Crippen LogP contribution in [-0.4, -0.2) is 21.5 Å². The van der Waals surface area contributed by atoms with Crippen molar-refractivity contribution < 1.29 is 12.8 Å². The second-order valence-corrected chi connectivity index (χ2v) is 7.26. The topological polar surface area (TPSA) is 72.2 Å². The first-order valence-corrected chi connectivity index (χ1v) is 8.42. The van der Waals surface area contributed by atoms with E-state index < -0.39 is 15.8 Å². The third-order valence-corrected chi connectivity index (χ3v) is 5.55. The van der Waals surface area contributed by atoms with E-state index in [1.165, 1.54) is 24.6 Å². The summed E-state index contributed by atoms with van der Waals surface area (Å²) in [5, 5.41) is 0. The third kappa shape index (κ3) is 3.37. The smallest absolute Gasteiger partial charge is 0.243 e. The lowest BCUT2D eigenvalue weighted by Crippen LogP contribution is -2.43. The average molecular weight is 300 g/mol. The highest BCUT2D eigenvalue weighted by Crippen LogP contribution is 2.35. The molecule has 0 heterocycles. The summed E-state index contributed by atoms with van der Waals surface area (Å²) in [5.74, 6) is -0.731. The molecule has 1 aromatic carbocycles. The highest BCUT2D eigenvalue weighted by Gasteiger charge is 2.32. The first kappa shape index (κ1) is 15.4. The first-order valence-electron chi connectivity index (χ1n) is 6.93. The minimum atomic E-state index is -3.82. The van der Waals surface area contributed by atoms with Gasteiger partial charge < -0.3 is 5.73 Å². The van der Waals surface area contributed by atoms with E-state index in [1.807, 2.05) is 0 Å². The quantitative estimate of drug-likeness (QED) is 0.874. The van der Waals surface area contributed by atoms with Crippen molar-refractivity contribution >= 4 is 10.0 Å². The summed E-state index contributed by atoms with van der Waals surface area (Å²) in [5.41, 5.74) is 5.64. The number of halogens is 1. The van der Waals surface area contributed by atoms with E-state index in [-0.39, 0.29) is 16.9 Å². The van der Waals surface area contributed by atoms with Crippen LogP contribution < -0.4 is 10.5 Å². The van der Waals surface area contributed by atoms with Crippen molar-refractivity contribution in [2.24, 2.45) is 11.1 Å². The van der Waals surface area contributed by atoms with Gasteiger partial charge in [0.1, 0.15) is 10.7 Å². The maximum absolute atomic E-state index is 13.6. The van der Waals surface area contributed by atoms with E-state index >= 15 is 0 Å². The molecule has 1 aliphatic rings. The Morgan fingerprint density at radius 1 is 1.20 bits per heavy atom. The van der Waals surface area contributed by atoms with Gasteiger partial charge >= 0.3 is 0 Å². The molecule has 0 bridgehead atoms. The summed E-state index contributed by atoms with van der Waals surface area (Å²) in [4.78, 5) is -0.303. The van der Waals surface area contributed by atoms with Crippen molar-refractivity contribution in [1.29, 1.82) is 0 Å². The number of nitrogens with one attached hydrogen (secondary N) is 1. The zero-order valence-corrected chi connectivity index (χ0v) is 12.3. The minimum Gasteiger partial charge on any atom is -0.330 e. The molecule has 1 aliphatic carbocycles. The number of benzene rings is 1. The van der Waals surface area contributed by atoms with E-state index in [0.717, 1.165) is 31.7 Å². The second-order valence-electron chi connectivity index (χ2n) is 5.52. The molecule has 1 saturated carbocycles. The molecule has 0 saturated heterocycles. The maximum Gasteiger partial charge on any atom is 0.243 e. The van der Waals surface area contributed by atoms with Crippen LogP contribution in [0.25, 0.3) is 0 Å². The van der Waals surface area contributed by atoms with Gasteiger partial charge in [0.15, 0.2) is 0 Å². The minimum absolute atomic E-state index is 0.184. The summed E-state index contributed by atoms with van der Waals surface area (Å²) >= 11 is 0. The Morgan fingerprint density at radius 3 is 2.45 bits per heavy atom. The zero-order chi connectivity index (χ0) is 14.6. The molecule has 112 valence electrons. The molecule has 0 aliphatic heterocycles. The van der Waals surface area contributed by atoms with Gasteiger partial charge in [-0.05, 0) is 36.9 Å². The standard InChI is InChI=1S/C14H21FN2O2S/c15-12-6-2-3-7-13(12)20(18,19)17-11-14(10-16)8-4-1-5-9-14/h2-3,6-7,17H,1,4-5,8-11,16H2. The first-order chi connectivity index (χ1) is 9.49. The van der Waals surface area contributed by atoms with Gasteiger partial charge in [-0.3, -0.25) is 0 Å². The Morgan fingerprint density at radius 2 is 1.85 bits per heavy atom. The largest absolute Gasteiger partial charge is 0.330 e. The van der Waals surface area contributed by atoms with Gasteiger partial charge in [-0.2, -0.15) is 0 Å². The van der Waals surface area contributed by atoms with Crippen LogP contribution in [0.5, 0.6) is 0 Å². The lowest BCUT2D eigenvalue weighted by atomic mass is 9.74. The van der Waals surface area contributed by atoms with Gasteiger partial charge in [0, 0.05) is 6.54 Å². The highest BCUT2D eigenvalue weighted by molar-refractivity contribution is 7.89. The molecule has 0 atom stereocenters. The van der Waals surface area contributed by atoms with Crippen LogP contribution in [0.4, 0.5) is 4.39 Å². The van der Waals surface area contributed by atoms with Gasteiger partial charge in [0.25, 0.3) is 0 Å². The Kier molecular flexibility index (Phi) is 4.78. The van der Waals surface area contributed by atoms with E-state index in [9.17, 15) is 12.8 Å². The van der Waals surface area contributed by atoms with Crippen LogP contribution in [0.2, 0.25) is 0 Å². The number of nitrogens with two attached hydrogens (primary N) is 1. The number of rotatable bonds is 5. The summed E-state index contributed by atoms with van der Waals surface area (Å²) in [7, 11) is -3.82. The molecule has 6 heteroatoms. The molecular formula is C14H21FN2O2S. The van der Waals surface area contributed by atoms with Crippen LogP contribution in [-0.2, 0) is 10.0 Å². The van der Waals surface area contributed by atoms with Gasteiger partial charge in [-0.1, -0.05) is 31.4 Å². The Hall–Kier alpha value is -0.980. The van der Waals surface area contributed by atoms with Gasteiger partial charge in [0.2, 0.25) is 10.0 Å². The number of sulfonamides is 1. The van der Waals surface area contributed by atoms with Crippen molar-refractivity contribution in [2.75, 3.05) is 13.1 Å². The van der Waals surface area contributed by atoms with Crippen molar-refractivity contribution in [3.8, 4) is 0 Å². The van der Waals surface area contributed by atoms with E-state index in [0.29, 0.717) is 6.54 Å². The molecular weight excluding hydrogens is 279 g/mol. The normalized spacial score (nSPS) is 18.9. The van der Waals surface area contributed by atoms with Crippen LogP contribution in [0.3, 0.4) is 0 Å². The van der Waals surface area contributed by atoms with Crippen molar-refractivity contribution in [1.82, 2.24) is 4.72 Å². The van der Waals surface area contributed by atoms with Crippen molar-refractivity contribution in [3.63, 3.8) is 0 Å². The fourth-order valence-electron chi connectivity index (χ4n) is 2.74. The third-order valence-electron chi connectivity index (χ3n) is 4.11. The Bertz CT molecular complexity index is 554. The summed E-state index contributed by atoms with van der Waals surface area (Å²) in [6, 6.07) is 5.40. The zero-order valence-electron chi connectivity index (χ0n) is 11.4. The lowest BCUT2D eigenvalue weighted by molar-refractivity contribution is 0.202. The molecule has 4 nitrogen and oxygen atoms in total. The molecule has 1 aromatic rings. The van der Waals surface area contributed by atoms with E-state index in [4.69, 9.17) is 5.73 Å². The lowest BCUT2D eigenvalue weighted by Gasteiger charge is -2.36. The molecule has 1 fully saturated rings. The molecule has 0 spiro atoms. The second kappa shape index (κ2) is 6.20. The van der Waals surface area contributed by atoms with Crippen LogP contribution in [0, 0.1) is 11.2 Å². The molecule has 20 heavy (non-hydrogen) atoms. The summed E-state index contributed by atoms with van der Waals surface area (Å²) in [6.07, 6.45) is 5.14. The SMILES string of the molecule is NCC1(CNS(=O)(=O)c2ccccc2F)CCCCC1. The molecule has 0 unspecified atom stereocenters. The average Bonchev–Trinajstić information content (AvgIpc) is 2.47. The predicted molar refractivity (Wildman–Crippen MR) is 76.2 cm³/mol. The Balaban J connectivity index is 2.11. The monoisotopic (exact) mass is 300 g/mol. The van der Waals surface area contributed by atoms with Crippen molar-refractivity contribution in [3.05, 3.63) is 30.1 Å². The van der Waals surface area contributed by atoms with Crippen LogP contribution >= 0.6 is 0 Å². The predicted octanol–water partition coefficient (Wildman–Crippen LogP) is 2.01. The molecule has 3 N–H and O–H groups in total. The fourth-order valence-corrected chi connectivity index (χ4v) is 3.98. The maximum atomic E-state index is 13.6. The van der Waals surface area contributed by atoms with Gasteiger partial charge in [-0.25, -0.2) is 17.5 Å². The molecule has 2 rings (SSSR count). The fraction of sp³-hybridized carbons (Fsp3) is 0.571. The van der Waals surface area contributed by atoms with Gasteiger partial charge in [0.05, 0.1) is 0 Å². The molecule has 0 radical (unpaired) electrons. The number of hydrogen-bond acceptors (Lipinski definition) is 3. The van der Waals surface area contributed by atoms with Crippen LogP contribution in [0.1, 0.15) is 32.1 Å². The molecule has 0 amide bonds. The van der Waals surface area contributed by atoms with Gasteiger partial charge in [-0.15, -0.1) is 0 Å².